The van der Waals surface area contributed by atoms with Gasteiger partial charge in [-0.2, -0.15) is 4.99 Å². The van der Waals surface area contributed by atoms with Crippen LogP contribution in [0.4, 0.5) is 4.39 Å². The standard InChI is InChI=1S/C14H15BrFNO2/c1-9-7-10(15)12(16)11(13(9)19-2)14(17-8-18)5-3-4-6-14/h7H,3-6H2,1-2H3. The average molecular weight is 328 g/mol. The van der Waals surface area contributed by atoms with Gasteiger partial charge in [-0.3, -0.25) is 0 Å². The molecule has 0 N–H and O–H groups in total. The van der Waals surface area contributed by atoms with Gasteiger partial charge in [0.1, 0.15) is 17.1 Å². The predicted molar refractivity (Wildman–Crippen MR) is 73.7 cm³/mol. The van der Waals surface area contributed by atoms with Crippen LogP contribution in [-0.4, -0.2) is 13.2 Å². The van der Waals surface area contributed by atoms with Gasteiger partial charge in [0.15, 0.2) is 0 Å². The third-order valence-corrected chi connectivity index (χ3v) is 4.29. The van der Waals surface area contributed by atoms with Gasteiger partial charge in [-0.1, -0.05) is 12.8 Å². The van der Waals surface area contributed by atoms with Crippen LogP contribution in [0.3, 0.4) is 0 Å². The number of aryl methyl sites for hydroxylation is 1. The minimum atomic E-state index is -0.828. The summed E-state index contributed by atoms with van der Waals surface area (Å²) in [7, 11) is 1.51. The van der Waals surface area contributed by atoms with Crippen molar-refractivity contribution >= 4 is 22.0 Å². The molecule has 3 nitrogen and oxygen atoms in total. The Kier molecular flexibility index (Phi) is 4.07. The second-order valence-corrected chi connectivity index (χ2v) is 5.69. The van der Waals surface area contributed by atoms with E-state index >= 15 is 0 Å². The van der Waals surface area contributed by atoms with Crippen LogP contribution in [-0.2, 0) is 10.3 Å². The highest BCUT2D eigenvalue weighted by atomic mass is 79.9. The van der Waals surface area contributed by atoms with Crippen molar-refractivity contribution in [2.24, 2.45) is 4.99 Å². The third-order valence-electron chi connectivity index (χ3n) is 3.72. The zero-order valence-corrected chi connectivity index (χ0v) is 12.5. The van der Waals surface area contributed by atoms with E-state index in [4.69, 9.17) is 4.74 Å². The molecule has 0 aliphatic heterocycles. The zero-order chi connectivity index (χ0) is 14.0. The normalized spacial score (nSPS) is 17.1. The van der Waals surface area contributed by atoms with Gasteiger partial charge in [-0.25, -0.2) is 9.18 Å². The fraction of sp³-hybridized carbons (Fsp3) is 0.500. The fourth-order valence-corrected chi connectivity index (χ4v) is 3.42. The first kappa shape index (κ1) is 14.2. The Bertz CT molecular complexity index is 547. The summed E-state index contributed by atoms with van der Waals surface area (Å²) < 4.78 is 20.2. The first-order valence-electron chi connectivity index (χ1n) is 6.18. The lowest BCUT2D eigenvalue weighted by atomic mass is 9.86. The summed E-state index contributed by atoms with van der Waals surface area (Å²) >= 11 is 3.21. The summed E-state index contributed by atoms with van der Waals surface area (Å²) in [6.45, 7) is 1.85. The first-order valence-corrected chi connectivity index (χ1v) is 6.97. The van der Waals surface area contributed by atoms with E-state index in [9.17, 15) is 9.18 Å². The molecular formula is C14H15BrFNO2. The summed E-state index contributed by atoms with van der Waals surface area (Å²) in [5.41, 5.74) is 0.368. The number of aliphatic imine (C=N–C) groups is 1. The van der Waals surface area contributed by atoms with E-state index in [-0.39, 0.29) is 0 Å². The van der Waals surface area contributed by atoms with E-state index in [1.165, 1.54) is 7.11 Å². The van der Waals surface area contributed by atoms with Crippen molar-refractivity contribution in [2.75, 3.05) is 7.11 Å². The summed E-state index contributed by atoms with van der Waals surface area (Å²) in [6.07, 6.45) is 4.72. The molecule has 102 valence electrons. The van der Waals surface area contributed by atoms with Crippen molar-refractivity contribution < 1.29 is 13.9 Å². The topological polar surface area (TPSA) is 38.7 Å². The van der Waals surface area contributed by atoms with Crippen molar-refractivity contribution in [3.63, 3.8) is 0 Å². The molecule has 1 aliphatic rings. The van der Waals surface area contributed by atoms with Crippen molar-refractivity contribution in [3.8, 4) is 5.75 Å². The first-order chi connectivity index (χ1) is 9.05. The molecule has 0 amide bonds. The molecule has 0 aromatic heterocycles. The molecule has 0 spiro atoms. The van der Waals surface area contributed by atoms with Gasteiger partial charge in [0.05, 0.1) is 17.1 Å². The zero-order valence-electron chi connectivity index (χ0n) is 10.9. The maximum atomic E-state index is 14.5. The Morgan fingerprint density at radius 3 is 2.63 bits per heavy atom. The van der Waals surface area contributed by atoms with E-state index in [1.54, 1.807) is 12.1 Å². The quantitative estimate of drug-likeness (QED) is 0.621. The van der Waals surface area contributed by atoms with Crippen LogP contribution < -0.4 is 4.74 Å². The lowest BCUT2D eigenvalue weighted by Crippen LogP contribution is -2.22. The molecule has 0 saturated heterocycles. The van der Waals surface area contributed by atoms with Crippen molar-refractivity contribution in [2.45, 2.75) is 38.1 Å². The number of isocyanates is 1. The van der Waals surface area contributed by atoms with Crippen LogP contribution in [0, 0.1) is 12.7 Å². The smallest absolute Gasteiger partial charge is 0.235 e. The van der Waals surface area contributed by atoms with E-state index in [2.05, 4.69) is 20.9 Å². The maximum absolute atomic E-state index is 14.5. The number of carbonyl (C=O) groups excluding carboxylic acids is 1. The van der Waals surface area contributed by atoms with Gasteiger partial charge in [0.25, 0.3) is 0 Å². The largest absolute Gasteiger partial charge is 0.496 e. The Hall–Kier alpha value is -1.19. The lowest BCUT2D eigenvalue weighted by molar-refractivity contribution is 0.362. The minimum Gasteiger partial charge on any atom is -0.496 e. The summed E-state index contributed by atoms with van der Waals surface area (Å²) in [4.78, 5) is 14.7. The molecule has 1 fully saturated rings. The van der Waals surface area contributed by atoms with E-state index in [0.717, 1.165) is 18.4 Å². The van der Waals surface area contributed by atoms with Crippen molar-refractivity contribution in [1.29, 1.82) is 0 Å². The number of benzene rings is 1. The van der Waals surface area contributed by atoms with Crippen molar-refractivity contribution in [3.05, 3.63) is 27.5 Å². The molecule has 1 aliphatic carbocycles. The van der Waals surface area contributed by atoms with Crippen LogP contribution in [0.2, 0.25) is 0 Å². The van der Waals surface area contributed by atoms with Crippen LogP contribution in [0.25, 0.3) is 0 Å². The summed E-state index contributed by atoms with van der Waals surface area (Å²) in [5, 5.41) is 0. The molecule has 0 atom stereocenters. The second kappa shape index (κ2) is 5.43. The number of ether oxygens (including phenoxy) is 1. The molecule has 19 heavy (non-hydrogen) atoms. The number of methoxy groups -OCH3 is 1. The van der Waals surface area contributed by atoms with Gasteiger partial charge >= 0.3 is 0 Å². The highest BCUT2D eigenvalue weighted by Crippen LogP contribution is 2.48. The Morgan fingerprint density at radius 1 is 1.47 bits per heavy atom. The van der Waals surface area contributed by atoms with E-state index in [0.29, 0.717) is 28.6 Å². The number of hydrogen-bond acceptors (Lipinski definition) is 3. The highest BCUT2D eigenvalue weighted by Gasteiger charge is 2.41. The van der Waals surface area contributed by atoms with Crippen LogP contribution in [0.1, 0.15) is 36.8 Å². The average Bonchev–Trinajstić information content (AvgIpc) is 2.83. The molecule has 1 aromatic carbocycles. The van der Waals surface area contributed by atoms with Gasteiger partial charge in [-0.05, 0) is 47.3 Å². The monoisotopic (exact) mass is 327 g/mol. The molecule has 2 rings (SSSR count). The molecular weight excluding hydrogens is 313 g/mol. The van der Waals surface area contributed by atoms with Crippen LogP contribution in [0.15, 0.2) is 15.5 Å². The Balaban J connectivity index is 2.75. The van der Waals surface area contributed by atoms with Gasteiger partial charge < -0.3 is 4.74 Å². The number of nitrogens with zero attached hydrogens (tertiary/aromatic N) is 1. The fourth-order valence-electron chi connectivity index (χ4n) is 2.88. The number of halogens is 2. The minimum absolute atomic E-state index is 0.369. The maximum Gasteiger partial charge on any atom is 0.235 e. The lowest BCUT2D eigenvalue weighted by Gasteiger charge is -2.27. The Morgan fingerprint density at radius 2 is 2.11 bits per heavy atom. The second-order valence-electron chi connectivity index (χ2n) is 4.84. The molecule has 0 unspecified atom stereocenters. The van der Waals surface area contributed by atoms with E-state index < -0.39 is 11.4 Å². The summed E-state index contributed by atoms with van der Waals surface area (Å²) in [5.74, 6) is 0.0740. The van der Waals surface area contributed by atoms with Crippen molar-refractivity contribution in [1.82, 2.24) is 0 Å². The molecule has 0 bridgehead atoms. The van der Waals surface area contributed by atoms with Crippen LogP contribution in [0.5, 0.6) is 5.75 Å². The molecule has 1 saturated carbocycles. The van der Waals surface area contributed by atoms with E-state index in [1.807, 2.05) is 6.92 Å². The molecule has 0 heterocycles. The van der Waals surface area contributed by atoms with Gasteiger partial charge in [-0.15, -0.1) is 0 Å². The predicted octanol–water partition coefficient (Wildman–Crippen LogP) is 4.01. The van der Waals surface area contributed by atoms with Crippen LogP contribution >= 0.6 is 15.9 Å². The van der Waals surface area contributed by atoms with Gasteiger partial charge in [0.2, 0.25) is 6.08 Å². The molecule has 0 radical (unpaired) electrons. The number of hydrogen-bond donors (Lipinski definition) is 0. The SMILES string of the molecule is COc1c(C)cc(Br)c(F)c1C1(N=C=O)CCCC1. The van der Waals surface area contributed by atoms with Gasteiger partial charge in [0, 0.05) is 0 Å². The molecule has 1 aromatic rings. The summed E-state index contributed by atoms with van der Waals surface area (Å²) in [6, 6.07) is 1.67. The number of rotatable bonds is 3. The third kappa shape index (κ3) is 2.33. The molecule has 5 heteroatoms. The Labute approximate surface area is 120 Å². The highest BCUT2D eigenvalue weighted by molar-refractivity contribution is 9.10.